The van der Waals surface area contributed by atoms with Gasteiger partial charge in [-0.05, 0) is 24.3 Å². The lowest BCUT2D eigenvalue weighted by molar-refractivity contribution is -0.115. The third-order valence-corrected chi connectivity index (χ3v) is 3.35. The second-order valence-electron chi connectivity index (χ2n) is 5.10. The van der Waals surface area contributed by atoms with E-state index < -0.39 is 6.03 Å². The number of amides is 3. The van der Waals surface area contributed by atoms with E-state index in [0.29, 0.717) is 16.9 Å². The zero-order chi connectivity index (χ0) is 16.8. The fourth-order valence-electron chi connectivity index (χ4n) is 2.26. The summed E-state index contributed by atoms with van der Waals surface area (Å²) in [5.41, 5.74) is 1.99. The number of benzene rings is 2. The van der Waals surface area contributed by atoms with E-state index in [1.165, 1.54) is 0 Å². The molecule has 24 heavy (non-hydrogen) atoms. The van der Waals surface area contributed by atoms with Crippen molar-refractivity contribution in [2.24, 2.45) is 0 Å². The number of hydrogen-bond donors (Lipinski definition) is 3. The molecule has 0 radical (unpaired) electrons. The lowest BCUT2D eigenvalue weighted by atomic mass is 10.2. The van der Waals surface area contributed by atoms with E-state index >= 15 is 0 Å². The largest absolute Gasteiger partial charge is 0.329 e. The van der Waals surface area contributed by atoms with Crippen LogP contribution >= 0.6 is 0 Å². The highest BCUT2D eigenvalue weighted by Gasteiger charge is 2.08. The van der Waals surface area contributed by atoms with Gasteiger partial charge in [0, 0.05) is 17.3 Å². The molecule has 0 aliphatic heterocycles. The summed E-state index contributed by atoms with van der Waals surface area (Å²) < 4.78 is 0. The van der Waals surface area contributed by atoms with Gasteiger partial charge in [0.25, 0.3) is 0 Å². The molecule has 0 saturated heterocycles. The van der Waals surface area contributed by atoms with Gasteiger partial charge in [-0.25, -0.2) is 4.79 Å². The average molecular weight is 320 g/mol. The van der Waals surface area contributed by atoms with Gasteiger partial charge in [-0.15, -0.1) is 0 Å². The first kappa shape index (κ1) is 15.5. The lowest BCUT2D eigenvalue weighted by Gasteiger charge is -2.09. The Morgan fingerprint density at radius 2 is 1.67 bits per heavy atom. The number of urea groups is 1. The van der Waals surface area contributed by atoms with E-state index in [-0.39, 0.29) is 12.5 Å². The molecule has 1 heterocycles. The maximum absolute atomic E-state index is 12.0. The number of nitrogens with one attached hydrogen (secondary N) is 3. The van der Waals surface area contributed by atoms with E-state index in [1.54, 1.807) is 24.4 Å². The van der Waals surface area contributed by atoms with Crippen LogP contribution in [0.5, 0.6) is 0 Å². The normalized spacial score (nSPS) is 10.2. The van der Waals surface area contributed by atoms with Crippen molar-refractivity contribution in [2.45, 2.75) is 0 Å². The van der Waals surface area contributed by atoms with Crippen LogP contribution in [0.3, 0.4) is 0 Å². The Kier molecular flexibility index (Phi) is 4.67. The average Bonchev–Trinajstić information content (AvgIpc) is 2.61. The molecule has 0 fully saturated rings. The van der Waals surface area contributed by atoms with Crippen molar-refractivity contribution in [3.63, 3.8) is 0 Å². The van der Waals surface area contributed by atoms with Gasteiger partial charge < -0.3 is 16.0 Å². The first-order chi connectivity index (χ1) is 11.7. The quantitative estimate of drug-likeness (QED) is 0.691. The highest BCUT2D eigenvalue weighted by atomic mass is 16.2. The Balaban J connectivity index is 1.56. The predicted molar refractivity (Wildman–Crippen MR) is 93.8 cm³/mol. The van der Waals surface area contributed by atoms with Crippen LogP contribution < -0.4 is 16.0 Å². The SMILES string of the molecule is O=C(CNC(=O)Nc1ccccc1)Nc1cccc2cccnc12. The monoisotopic (exact) mass is 320 g/mol. The topological polar surface area (TPSA) is 83.1 Å². The number of aromatic nitrogens is 1. The summed E-state index contributed by atoms with van der Waals surface area (Å²) in [6, 6.07) is 17.9. The number of hydrogen-bond acceptors (Lipinski definition) is 3. The van der Waals surface area contributed by atoms with E-state index in [1.807, 2.05) is 42.5 Å². The Hall–Kier alpha value is -3.41. The first-order valence-corrected chi connectivity index (χ1v) is 7.46. The standard InChI is InChI=1S/C18H16N4O2/c23-16(12-20-18(24)21-14-8-2-1-3-9-14)22-15-10-4-6-13-7-5-11-19-17(13)15/h1-11H,12H2,(H,22,23)(H2,20,21,24). The van der Waals surface area contributed by atoms with Crippen LogP contribution in [0, 0.1) is 0 Å². The minimum atomic E-state index is -0.438. The van der Waals surface area contributed by atoms with Crippen molar-refractivity contribution in [3.8, 4) is 0 Å². The van der Waals surface area contributed by atoms with Crippen molar-refractivity contribution in [2.75, 3.05) is 17.2 Å². The molecule has 120 valence electrons. The van der Waals surface area contributed by atoms with Crippen LogP contribution in [0.4, 0.5) is 16.2 Å². The number of carbonyl (C=O) groups excluding carboxylic acids is 2. The van der Waals surface area contributed by atoms with Crippen LogP contribution in [0.1, 0.15) is 0 Å². The molecule has 0 saturated carbocycles. The van der Waals surface area contributed by atoms with Crippen LogP contribution in [0.25, 0.3) is 10.9 Å². The minimum Gasteiger partial charge on any atom is -0.329 e. The van der Waals surface area contributed by atoms with Crippen molar-refractivity contribution in [1.29, 1.82) is 0 Å². The molecule has 3 amide bonds. The lowest BCUT2D eigenvalue weighted by Crippen LogP contribution is -2.35. The number of nitrogens with zero attached hydrogens (tertiary/aromatic N) is 1. The molecular formula is C18H16N4O2. The van der Waals surface area contributed by atoms with Crippen molar-refractivity contribution < 1.29 is 9.59 Å². The predicted octanol–water partition coefficient (Wildman–Crippen LogP) is 3.00. The summed E-state index contributed by atoms with van der Waals surface area (Å²) in [6.07, 6.45) is 1.67. The smallest absolute Gasteiger partial charge is 0.319 e. The van der Waals surface area contributed by atoms with E-state index in [2.05, 4.69) is 20.9 Å². The molecule has 3 rings (SSSR count). The molecule has 0 atom stereocenters. The van der Waals surface area contributed by atoms with Gasteiger partial charge in [0.05, 0.1) is 17.7 Å². The fourth-order valence-corrected chi connectivity index (χ4v) is 2.26. The van der Waals surface area contributed by atoms with Crippen molar-refractivity contribution >= 4 is 34.2 Å². The molecular weight excluding hydrogens is 304 g/mol. The van der Waals surface area contributed by atoms with Crippen LogP contribution in [0.2, 0.25) is 0 Å². The molecule has 6 heteroatoms. The fraction of sp³-hybridized carbons (Fsp3) is 0.0556. The zero-order valence-electron chi connectivity index (χ0n) is 12.8. The molecule has 6 nitrogen and oxygen atoms in total. The molecule has 2 aromatic carbocycles. The van der Waals surface area contributed by atoms with Gasteiger partial charge in [-0.1, -0.05) is 36.4 Å². The number of carbonyl (C=O) groups is 2. The van der Waals surface area contributed by atoms with Crippen molar-refractivity contribution in [1.82, 2.24) is 10.3 Å². The van der Waals surface area contributed by atoms with E-state index in [0.717, 1.165) is 5.39 Å². The van der Waals surface area contributed by atoms with Gasteiger partial charge in [-0.2, -0.15) is 0 Å². The summed E-state index contributed by atoms with van der Waals surface area (Å²) >= 11 is 0. The number of pyridine rings is 1. The van der Waals surface area contributed by atoms with Crippen molar-refractivity contribution in [3.05, 3.63) is 66.9 Å². The molecule has 3 N–H and O–H groups in total. The maximum Gasteiger partial charge on any atom is 0.319 e. The number of rotatable bonds is 4. The summed E-state index contributed by atoms with van der Waals surface area (Å²) in [7, 11) is 0. The molecule has 0 aliphatic carbocycles. The number of para-hydroxylation sites is 2. The molecule has 0 unspecified atom stereocenters. The van der Waals surface area contributed by atoms with Gasteiger partial charge in [0.15, 0.2) is 0 Å². The highest BCUT2D eigenvalue weighted by molar-refractivity contribution is 6.02. The molecule has 0 spiro atoms. The minimum absolute atomic E-state index is 0.137. The van der Waals surface area contributed by atoms with Gasteiger partial charge >= 0.3 is 6.03 Å². The number of fused-ring (bicyclic) bond motifs is 1. The van der Waals surface area contributed by atoms with Gasteiger partial charge in [-0.3, -0.25) is 9.78 Å². The Labute approximate surface area is 138 Å². The molecule has 0 bridgehead atoms. The molecule has 1 aromatic heterocycles. The molecule has 0 aliphatic rings. The highest BCUT2D eigenvalue weighted by Crippen LogP contribution is 2.20. The third-order valence-electron chi connectivity index (χ3n) is 3.35. The Morgan fingerprint density at radius 1 is 0.875 bits per heavy atom. The molecule has 3 aromatic rings. The van der Waals surface area contributed by atoms with Crippen LogP contribution in [-0.4, -0.2) is 23.5 Å². The first-order valence-electron chi connectivity index (χ1n) is 7.46. The summed E-state index contributed by atoms with van der Waals surface area (Å²) in [5, 5.41) is 8.86. The summed E-state index contributed by atoms with van der Waals surface area (Å²) in [5.74, 6) is -0.323. The second-order valence-corrected chi connectivity index (χ2v) is 5.10. The van der Waals surface area contributed by atoms with Gasteiger partial charge in [0.1, 0.15) is 0 Å². The van der Waals surface area contributed by atoms with Crippen LogP contribution in [-0.2, 0) is 4.79 Å². The van der Waals surface area contributed by atoms with E-state index in [9.17, 15) is 9.59 Å². The Bertz CT molecular complexity index is 860. The third kappa shape index (κ3) is 3.86. The second kappa shape index (κ2) is 7.23. The van der Waals surface area contributed by atoms with E-state index in [4.69, 9.17) is 0 Å². The summed E-state index contributed by atoms with van der Waals surface area (Å²) in [6.45, 7) is -0.137. The van der Waals surface area contributed by atoms with Gasteiger partial charge in [0.2, 0.25) is 5.91 Å². The zero-order valence-corrected chi connectivity index (χ0v) is 12.8. The maximum atomic E-state index is 12.0. The Morgan fingerprint density at radius 3 is 2.50 bits per heavy atom. The summed E-state index contributed by atoms with van der Waals surface area (Å²) in [4.78, 5) is 28.1. The van der Waals surface area contributed by atoms with Crippen LogP contribution in [0.15, 0.2) is 66.9 Å². The number of anilines is 2.